The van der Waals surface area contributed by atoms with Gasteiger partial charge in [-0.3, -0.25) is 4.79 Å². The first-order valence-corrected chi connectivity index (χ1v) is 10.0. The third kappa shape index (κ3) is 3.66. The van der Waals surface area contributed by atoms with Crippen molar-refractivity contribution in [1.82, 2.24) is 9.88 Å². The van der Waals surface area contributed by atoms with Gasteiger partial charge < -0.3 is 14.6 Å². The highest BCUT2D eigenvalue weighted by Gasteiger charge is 2.30. The smallest absolute Gasteiger partial charge is 0.341 e. The zero-order valence-corrected chi connectivity index (χ0v) is 16.8. The molecule has 1 atom stereocenters. The summed E-state index contributed by atoms with van der Waals surface area (Å²) in [7, 11) is 0. The molecule has 3 aromatic rings. The van der Waals surface area contributed by atoms with Gasteiger partial charge in [-0.2, -0.15) is 0 Å². The van der Waals surface area contributed by atoms with Crippen LogP contribution in [0.2, 0.25) is 0 Å². The third-order valence-corrected chi connectivity index (χ3v) is 5.50. The molecule has 1 N–H and O–H groups in total. The number of alkyl halides is 1. The van der Waals surface area contributed by atoms with Gasteiger partial charge in [0.25, 0.3) is 0 Å². The lowest BCUT2D eigenvalue weighted by molar-refractivity contribution is -0.136. The summed E-state index contributed by atoms with van der Waals surface area (Å²) in [5, 5.41) is 0.210. The van der Waals surface area contributed by atoms with Gasteiger partial charge in [0.1, 0.15) is 5.38 Å². The average molecular weight is 409 g/mol. The molecule has 148 valence electrons. The molecule has 2 heterocycles. The number of benzene rings is 2. The van der Waals surface area contributed by atoms with Gasteiger partial charge in [0, 0.05) is 23.6 Å². The standard InChI is InChI=1S/C23H21ClN2O3/c1-2-29-23(28)18-14-26(22(27)20(24)15-8-4-3-5-9-15)13-12-17-16-10-6-7-11-19(16)25-21(17)18/h3-11,14,20,25H,2,12-13H2,1H3. The predicted molar refractivity (Wildman–Crippen MR) is 113 cm³/mol. The van der Waals surface area contributed by atoms with E-state index in [-0.39, 0.29) is 12.5 Å². The van der Waals surface area contributed by atoms with E-state index < -0.39 is 11.3 Å². The van der Waals surface area contributed by atoms with Gasteiger partial charge >= 0.3 is 5.97 Å². The van der Waals surface area contributed by atoms with Gasteiger partial charge in [-0.15, -0.1) is 11.6 Å². The molecule has 0 fully saturated rings. The summed E-state index contributed by atoms with van der Waals surface area (Å²) < 4.78 is 5.26. The first-order valence-electron chi connectivity index (χ1n) is 9.58. The molecule has 1 aliphatic heterocycles. The lowest BCUT2D eigenvalue weighted by Crippen LogP contribution is -2.30. The number of esters is 1. The summed E-state index contributed by atoms with van der Waals surface area (Å²) >= 11 is 6.47. The molecule has 4 rings (SSSR count). The summed E-state index contributed by atoms with van der Waals surface area (Å²) in [6.07, 6.45) is 2.17. The molecule has 1 amide bonds. The Hall–Kier alpha value is -3.05. The maximum Gasteiger partial charge on any atom is 0.341 e. The van der Waals surface area contributed by atoms with Crippen molar-refractivity contribution in [2.24, 2.45) is 0 Å². The van der Waals surface area contributed by atoms with Crippen molar-refractivity contribution < 1.29 is 14.3 Å². The molecule has 0 bridgehead atoms. The van der Waals surface area contributed by atoms with Crippen molar-refractivity contribution in [2.75, 3.05) is 13.2 Å². The van der Waals surface area contributed by atoms with Crippen LogP contribution in [-0.4, -0.2) is 34.9 Å². The van der Waals surface area contributed by atoms with E-state index in [0.717, 1.165) is 22.0 Å². The molecular formula is C23H21ClN2O3. The van der Waals surface area contributed by atoms with E-state index in [1.807, 2.05) is 54.6 Å². The number of carbonyl (C=O) groups excluding carboxylic acids is 2. The van der Waals surface area contributed by atoms with E-state index in [0.29, 0.717) is 24.2 Å². The average Bonchev–Trinajstić information content (AvgIpc) is 3.01. The molecule has 0 saturated carbocycles. The van der Waals surface area contributed by atoms with Crippen LogP contribution in [0.4, 0.5) is 0 Å². The molecule has 2 aromatic carbocycles. The highest BCUT2D eigenvalue weighted by Crippen LogP contribution is 2.33. The number of ether oxygens (including phenoxy) is 1. The van der Waals surface area contributed by atoms with Crippen LogP contribution < -0.4 is 0 Å². The molecule has 5 nitrogen and oxygen atoms in total. The Morgan fingerprint density at radius 2 is 1.86 bits per heavy atom. The fourth-order valence-corrected chi connectivity index (χ4v) is 3.93. The topological polar surface area (TPSA) is 62.4 Å². The van der Waals surface area contributed by atoms with Crippen molar-refractivity contribution in [1.29, 1.82) is 0 Å². The Bertz CT molecular complexity index is 1090. The molecule has 29 heavy (non-hydrogen) atoms. The number of para-hydroxylation sites is 1. The normalized spacial score (nSPS) is 14.7. The zero-order valence-electron chi connectivity index (χ0n) is 16.0. The Kier molecular flexibility index (Phi) is 5.41. The monoisotopic (exact) mass is 408 g/mol. The molecule has 0 radical (unpaired) electrons. The number of aromatic nitrogens is 1. The van der Waals surface area contributed by atoms with E-state index in [2.05, 4.69) is 4.98 Å². The lowest BCUT2D eigenvalue weighted by atomic mass is 10.0. The second-order valence-electron chi connectivity index (χ2n) is 6.84. The molecule has 0 aliphatic carbocycles. The maximum absolute atomic E-state index is 13.1. The minimum absolute atomic E-state index is 0.252. The zero-order chi connectivity index (χ0) is 20.4. The second-order valence-corrected chi connectivity index (χ2v) is 7.28. The summed E-state index contributed by atoms with van der Waals surface area (Å²) in [5.41, 5.74) is 3.71. The number of halogens is 1. The fraction of sp³-hybridized carbons (Fsp3) is 0.217. The van der Waals surface area contributed by atoms with Gasteiger partial charge in [0.05, 0.1) is 17.9 Å². The van der Waals surface area contributed by atoms with Crippen molar-refractivity contribution in [2.45, 2.75) is 18.7 Å². The molecule has 1 unspecified atom stereocenters. The van der Waals surface area contributed by atoms with Crippen molar-refractivity contribution in [3.05, 3.63) is 77.6 Å². The highest BCUT2D eigenvalue weighted by molar-refractivity contribution is 6.31. The van der Waals surface area contributed by atoms with E-state index >= 15 is 0 Å². The van der Waals surface area contributed by atoms with E-state index in [9.17, 15) is 9.59 Å². The van der Waals surface area contributed by atoms with Crippen molar-refractivity contribution in [3.63, 3.8) is 0 Å². The molecule has 6 heteroatoms. The van der Waals surface area contributed by atoms with Crippen LogP contribution in [0.1, 0.15) is 29.1 Å². The third-order valence-electron chi connectivity index (χ3n) is 5.06. The minimum atomic E-state index is -0.830. The lowest BCUT2D eigenvalue weighted by Gasteiger charge is -2.21. The van der Waals surface area contributed by atoms with Crippen molar-refractivity contribution >= 4 is 40.0 Å². The summed E-state index contributed by atoms with van der Waals surface area (Å²) in [6.45, 7) is 2.43. The van der Waals surface area contributed by atoms with Crippen molar-refractivity contribution in [3.8, 4) is 0 Å². The van der Waals surface area contributed by atoms with Crippen LogP contribution in [0.15, 0.2) is 60.8 Å². The molecule has 0 spiro atoms. The second kappa shape index (κ2) is 8.13. The Balaban J connectivity index is 1.75. The number of H-pyrrole nitrogens is 1. The fourth-order valence-electron chi connectivity index (χ4n) is 3.65. The minimum Gasteiger partial charge on any atom is -0.462 e. The number of hydrogen-bond donors (Lipinski definition) is 1. The van der Waals surface area contributed by atoms with E-state index in [1.54, 1.807) is 13.1 Å². The number of hydrogen-bond acceptors (Lipinski definition) is 3. The SMILES string of the molecule is CCOC(=O)C1=CN(C(=O)C(Cl)c2ccccc2)CCc2c1[nH]c1ccccc21. The van der Waals surface area contributed by atoms with Gasteiger partial charge in [0.2, 0.25) is 5.91 Å². The van der Waals surface area contributed by atoms with Crippen LogP contribution in [-0.2, 0) is 20.7 Å². The van der Waals surface area contributed by atoms with Crippen LogP contribution >= 0.6 is 11.6 Å². The Labute approximate surface area is 173 Å². The maximum atomic E-state index is 13.1. The first kappa shape index (κ1) is 19.3. The van der Waals surface area contributed by atoms with Gasteiger partial charge in [-0.05, 0) is 30.5 Å². The largest absolute Gasteiger partial charge is 0.462 e. The van der Waals surface area contributed by atoms with Crippen LogP contribution in [0.5, 0.6) is 0 Å². The number of carbonyl (C=O) groups is 2. The molecular weight excluding hydrogens is 388 g/mol. The van der Waals surface area contributed by atoms with E-state index in [4.69, 9.17) is 16.3 Å². The van der Waals surface area contributed by atoms with Crippen LogP contribution in [0, 0.1) is 0 Å². The number of nitrogens with zero attached hydrogens (tertiary/aromatic N) is 1. The number of amides is 1. The number of rotatable bonds is 4. The van der Waals surface area contributed by atoms with Gasteiger partial charge in [-0.25, -0.2) is 4.79 Å². The first-order chi connectivity index (χ1) is 14.1. The predicted octanol–water partition coefficient (Wildman–Crippen LogP) is 4.44. The molecule has 1 aromatic heterocycles. The Morgan fingerprint density at radius 3 is 2.62 bits per heavy atom. The number of fused-ring (bicyclic) bond motifs is 3. The summed E-state index contributed by atoms with van der Waals surface area (Å²) in [4.78, 5) is 30.7. The highest BCUT2D eigenvalue weighted by atomic mass is 35.5. The molecule has 0 saturated heterocycles. The van der Waals surface area contributed by atoms with Gasteiger partial charge in [0.15, 0.2) is 0 Å². The van der Waals surface area contributed by atoms with E-state index in [1.165, 1.54) is 4.90 Å². The van der Waals surface area contributed by atoms with Gasteiger partial charge in [-0.1, -0.05) is 48.5 Å². The quantitative estimate of drug-likeness (QED) is 0.513. The van der Waals surface area contributed by atoms with Crippen LogP contribution in [0.25, 0.3) is 16.5 Å². The summed E-state index contributed by atoms with van der Waals surface area (Å²) in [6, 6.07) is 17.1. The summed E-state index contributed by atoms with van der Waals surface area (Å²) in [5.74, 6) is -0.736. The Morgan fingerprint density at radius 1 is 1.14 bits per heavy atom. The molecule has 1 aliphatic rings. The number of nitrogens with one attached hydrogen (secondary N) is 1. The number of aromatic amines is 1. The van der Waals surface area contributed by atoms with Crippen LogP contribution in [0.3, 0.4) is 0 Å².